The highest BCUT2D eigenvalue weighted by molar-refractivity contribution is 5.97. The van der Waals surface area contributed by atoms with Gasteiger partial charge >= 0.3 is 6.18 Å². The van der Waals surface area contributed by atoms with Gasteiger partial charge in [-0.1, -0.05) is 84.9 Å². The van der Waals surface area contributed by atoms with Crippen molar-refractivity contribution in [3.63, 3.8) is 0 Å². The summed E-state index contributed by atoms with van der Waals surface area (Å²) in [6.45, 7) is 0. The maximum atomic E-state index is 13.1. The molecule has 38 heavy (non-hydrogen) atoms. The molecule has 0 saturated carbocycles. The van der Waals surface area contributed by atoms with Gasteiger partial charge < -0.3 is 4.57 Å². The molecule has 0 radical (unpaired) electrons. The smallest absolute Gasteiger partial charge is 0.309 e. The molecule has 0 aliphatic carbocycles. The van der Waals surface area contributed by atoms with Gasteiger partial charge in [0.2, 0.25) is 0 Å². The van der Waals surface area contributed by atoms with Crippen LogP contribution in [0.4, 0.5) is 13.2 Å². The van der Waals surface area contributed by atoms with Crippen LogP contribution in [0.1, 0.15) is 21.5 Å². The summed E-state index contributed by atoms with van der Waals surface area (Å²) in [7, 11) is 0. The molecular weight excluding hydrogens is 487 g/mol. The van der Waals surface area contributed by atoms with Crippen molar-refractivity contribution in [3.8, 4) is 28.2 Å². The van der Waals surface area contributed by atoms with Crippen molar-refractivity contribution >= 4 is 12.1 Å². The Bertz CT molecular complexity index is 1580. The minimum atomic E-state index is -4.54. The molecule has 0 aliphatic heterocycles. The van der Waals surface area contributed by atoms with E-state index in [1.54, 1.807) is 0 Å². The first-order chi connectivity index (χ1) is 18.4. The van der Waals surface area contributed by atoms with E-state index in [1.165, 1.54) is 18.3 Å². The van der Waals surface area contributed by atoms with Crippen molar-refractivity contribution in [1.29, 1.82) is 0 Å². The van der Waals surface area contributed by atoms with E-state index >= 15 is 0 Å². The van der Waals surface area contributed by atoms with Crippen LogP contribution in [0.5, 0.6) is 0 Å². The lowest BCUT2D eigenvalue weighted by molar-refractivity contribution is -0.137. The highest BCUT2D eigenvalue weighted by Crippen LogP contribution is 2.35. The molecule has 0 saturated heterocycles. The molecular formula is C31H22F3N3O. The lowest BCUT2D eigenvalue weighted by Gasteiger charge is -2.15. The van der Waals surface area contributed by atoms with Crippen LogP contribution >= 0.6 is 0 Å². The summed E-state index contributed by atoms with van der Waals surface area (Å²) in [5.41, 5.74) is 6.70. The number of carbonyl (C=O) groups is 1. The van der Waals surface area contributed by atoms with Crippen molar-refractivity contribution in [3.05, 3.63) is 138 Å². The van der Waals surface area contributed by atoms with E-state index in [0.717, 1.165) is 45.9 Å². The highest BCUT2D eigenvalue weighted by Gasteiger charge is 2.30. The number of nitrogens with one attached hydrogen (secondary N) is 1. The predicted octanol–water partition coefficient (Wildman–Crippen LogP) is 7.59. The third kappa shape index (κ3) is 5.27. The summed E-state index contributed by atoms with van der Waals surface area (Å²) in [5, 5.41) is 4.12. The van der Waals surface area contributed by atoms with Crippen LogP contribution in [0.2, 0.25) is 0 Å². The average molecular weight is 510 g/mol. The first-order valence-corrected chi connectivity index (χ1v) is 11.8. The number of hydrogen-bond donors (Lipinski definition) is 1. The summed E-state index contributed by atoms with van der Waals surface area (Å²) in [6.07, 6.45) is -3.03. The van der Waals surface area contributed by atoms with Gasteiger partial charge in [0.1, 0.15) is 0 Å². The first kappa shape index (κ1) is 24.8. The van der Waals surface area contributed by atoms with Crippen molar-refractivity contribution in [2.24, 2.45) is 5.10 Å². The van der Waals surface area contributed by atoms with E-state index in [1.807, 2.05) is 97.1 Å². The van der Waals surface area contributed by atoms with Gasteiger partial charge in [0.15, 0.2) is 0 Å². The molecule has 1 amide bonds. The van der Waals surface area contributed by atoms with Crippen molar-refractivity contribution in [2.45, 2.75) is 6.18 Å². The van der Waals surface area contributed by atoms with Gasteiger partial charge in [-0.15, -0.1) is 0 Å². The number of halogens is 3. The van der Waals surface area contributed by atoms with Crippen molar-refractivity contribution < 1.29 is 18.0 Å². The number of para-hydroxylation sites is 1. The molecule has 0 fully saturated rings. The van der Waals surface area contributed by atoms with Gasteiger partial charge in [-0.25, -0.2) is 5.43 Å². The molecule has 4 nitrogen and oxygen atoms in total. The fourth-order valence-electron chi connectivity index (χ4n) is 4.25. The summed E-state index contributed by atoms with van der Waals surface area (Å²) >= 11 is 0. The zero-order valence-electron chi connectivity index (χ0n) is 20.1. The standard InChI is InChI=1S/C31H22F3N3O/c32-31(33,34)26-16-10-15-24(19-26)30(38)36-35-21-25-20-28(22-11-4-1-5-12-22)37(27-17-8-3-9-18-27)29(25)23-13-6-2-7-14-23/h1-21H,(H,36,38)/b35-21-. The number of alkyl halides is 3. The van der Waals surface area contributed by atoms with Crippen LogP contribution in [-0.4, -0.2) is 16.7 Å². The molecule has 5 aromatic rings. The summed E-state index contributed by atoms with van der Waals surface area (Å²) in [5.74, 6) is -0.737. The number of carbonyl (C=O) groups excluding carboxylic acids is 1. The normalized spacial score (nSPS) is 11.6. The van der Waals surface area contributed by atoms with Gasteiger partial charge in [-0.05, 0) is 47.5 Å². The maximum Gasteiger partial charge on any atom is 0.416 e. The van der Waals surface area contributed by atoms with Crippen LogP contribution < -0.4 is 5.43 Å². The fraction of sp³-hybridized carbons (Fsp3) is 0.0323. The number of rotatable bonds is 6. The Morgan fingerprint density at radius 1 is 0.737 bits per heavy atom. The van der Waals surface area contributed by atoms with Crippen molar-refractivity contribution in [1.82, 2.24) is 9.99 Å². The number of hydrazone groups is 1. The second-order valence-electron chi connectivity index (χ2n) is 8.51. The molecule has 1 heterocycles. The van der Waals surface area contributed by atoms with Crippen LogP contribution in [0.25, 0.3) is 28.2 Å². The predicted molar refractivity (Wildman–Crippen MR) is 143 cm³/mol. The van der Waals surface area contributed by atoms with E-state index in [9.17, 15) is 18.0 Å². The van der Waals surface area contributed by atoms with Gasteiger partial charge in [-0.3, -0.25) is 4.79 Å². The fourth-order valence-corrected chi connectivity index (χ4v) is 4.25. The van der Waals surface area contributed by atoms with Crippen LogP contribution in [-0.2, 0) is 6.18 Å². The third-order valence-corrected chi connectivity index (χ3v) is 5.98. The average Bonchev–Trinajstić information content (AvgIpc) is 3.33. The molecule has 188 valence electrons. The molecule has 0 aliphatic rings. The van der Waals surface area contributed by atoms with Crippen LogP contribution in [0, 0.1) is 0 Å². The van der Waals surface area contributed by atoms with Gasteiger partial charge in [0.25, 0.3) is 5.91 Å². The van der Waals surface area contributed by atoms with Crippen LogP contribution in [0.15, 0.2) is 126 Å². The Kier molecular flexibility index (Phi) is 6.91. The zero-order chi connectivity index (χ0) is 26.5. The molecule has 0 bridgehead atoms. The number of nitrogens with zero attached hydrogens (tertiary/aromatic N) is 2. The first-order valence-electron chi connectivity index (χ1n) is 11.8. The summed E-state index contributed by atoms with van der Waals surface area (Å²) in [6, 6.07) is 35.8. The number of aromatic nitrogens is 1. The molecule has 7 heteroatoms. The van der Waals surface area contributed by atoms with Gasteiger partial charge in [-0.2, -0.15) is 18.3 Å². The lowest BCUT2D eigenvalue weighted by Crippen LogP contribution is -2.18. The Hall–Kier alpha value is -4.91. The van der Waals surface area contributed by atoms with Gasteiger partial charge in [0, 0.05) is 16.8 Å². The van der Waals surface area contributed by atoms with E-state index in [4.69, 9.17) is 0 Å². The minimum absolute atomic E-state index is 0.132. The second kappa shape index (κ2) is 10.6. The monoisotopic (exact) mass is 509 g/mol. The lowest BCUT2D eigenvalue weighted by atomic mass is 10.1. The molecule has 0 atom stereocenters. The largest absolute Gasteiger partial charge is 0.416 e. The van der Waals surface area contributed by atoms with Crippen molar-refractivity contribution in [2.75, 3.05) is 0 Å². The Morgan fingerprint density at radius 3 is 1.97 bits per heavy atom. The zero-order valence-corrected chi connectivity index (χ0v) is 20.1. The van der Waals surface area contributed by atoms with E-state index < -0.39 is 17.6 Å². The summed E-state index contributed by atoms with van der Waals surface area (Å²) in [4.78, 5) is 12.6. The third-order valence-electron chi connectivity index (χ3n) is 5.98. The van der Waals surface area contributed by atoms with E-state index in [-0.39, 0.29) is 5.56 Å². The number of hydrogen-bond acceptors (Lipinski definition) is 2. The summed E-state index contributed by atoms with van der Waals surface area (Å²) < 4.78 is 41.3. The highest BCUT2D eigenvalue weighted by atomic mass is 19.4. The molecule has 0 spiro atoms. The molecule has 5 rings (SSSR count). The minimum Gasteiger partial charge on any atom is -0.309 e. The molecule has 4 aromatic carbocycles. The number of amides is 1. The van der Waals surface area contributed by atoms with Crippen LogP contribution in [0.3, 0.4) is 0 Å². The SMILES string of the molecule is O=C(N/N=C\c1cc(-c2ccccc2)n(-c2ccccc2)c1-c1ccccc1)c1cccc(C(F)(F)F)c1. The molecule has 0 unspecified atom stereocenters. The Balaban J connectivity index is 1.57. The topological polar surface area (TPSA) is 46.4 Å². The molecule has 1 aromatic heterocycles. The number of benzene rings is 4. The van der Waals surface area contributed by atoms with E-state index in [0.29, 0.717) is 0 Å². The van der Waals surface area contributed by atoms with Gasteiger partial charge in [0.05, 0.1) is 23.2 Å². The maximum absolute atomic E-state index is 13.1. The van der Waals surface area contributed by atoms with E-state index in [2.05, 4.69) is 15.1 Å². The Morgan fingerprint density at radius 2 is 1.34 bits per heavy atom. The Labute approximate surface area is 217 Å². The second-order valence-corrected chi connectivity index (χ2v) is 8.51. The quantitative estimate of drug-likeness (QED) is 0.186. The molecule has 1 N–H and O–H groups in total.